The second-order valence-electron chi connectivity index (χ2n) is 19.3. The van der Waals surface area contributed by atoms with Crippen molar-refractivity contribution in [3.63, 3.8) is 0 Å². The van der Waals surface area contributed by atoms with Gasteiger partial charge in [-0.1, -0.05) is 270 Å². The average molecular weight is 1090 g/mol. The number of rotatable bonds is 53. The Labute approximate surface area is 490 Å². The second kappa shape index (κ2) is 67.2. The van der Waals surface area contributed by atoms with Crippen molar-refractivity contribution in [2.45, 2.75) is 213 Å². The van der Waals surface area contributed by atoms with Gasteiger partial charge < -0.3 is 14.6 Å². The molecule has 0 fully saturated rings. The van der Waals surface area contributed by atoms with E-state index in [-0.39, 0.29) is 31.6 Å². The monoisotopic (exact) mass is 1090 g/mol. The van der Waals surface area contributed by atoms with Gasteiger partial charge in [-0.25, -0.2) is 0 Å². The van der Waals surface area contributed by atoms with Crippen molar-refractivity contribution in [1.82, 2.24) is 0 Å². The molecule has 0 rings (SSSR count). The zero-order valence-corrected chi connectivity index (χ0v) is 50.2. The molecule has 80 heavy (non-hydrogen) atoms. The topological polar surface area (TPSA) is 72.8 Å². The first-order valence-electron chi connectivity index (χ1n) is 30.9. The predicted molar refractivity (Wildman–Crippen MR) is 351 cm³/mol. The third-order valence-corrected chi connectivity index (χ3v) is 12.0. The Bertz CT molecular complexity index is 2010. The summed E-state index contributed by atoms with van der Waals surface area (Å²) in [6, 6.07) is 0. The van der Waals surface area contributed by atoms with Gasteiger partial charge in [0.05, 0.1) is 6.61 Å². The van der Waals surface area contributed by atoms with Crippen LogP contribution >= 0.6 is 0 Å². The molecule has 0 aromatic heterocycles. The molecule has 1 atom stereocenters. The zero-order valence-electron chi connectivity index (χ0n) is 50.2. The zero-order chi connectivity index (χ0) is 57.6. The van der Waals surface area contributed by atoms with E-state index in [0.717, 1.165) is 161 Å². The molecular formula is C75H110O5. The number of aliphatic hydroxyl groups excluding tert-OH is 1. The predicted octanol–water partition coefficient (Wildman–Crippen LogP) is 21.7. The van der Waals surface area contributed by atoms with Crippen LogP contribution in [0.4, 0.5) is 0 Å². The molecule has 5 heteroatoms. The Balaban J connectivity index is 3.74. The highest BCUT2D eigenvalue weighted by atomic mass is 16.6. The maximum absolute atomic E-state index is 12.3. The van der Waals surface area contributed by atoms with Crippen LogP contribution in [0.3, 0.4) is 0 Å². The molecular weight excluding hydrogens is 981 g/mol. The summed E-state index contributed by atoms with van der Waals surface area (Å²) in [5, 5.41) is 9.67. The van der Waals surface area contributed by atoms with Crippen LogP contribution < -0.4 is 0 Å². The van der Waals surface area contributed by atoms with E-state index >= 15 is 0 Å². The maximum Gasteiger partial charge on any atom is 0.306 e. The summed E-state index contributed by atoms with van der Waals surface area (Å²) in [6.45, 7) is 3.83. The first-order chi connectivity index (χ1) is 39.6. The molecule has 0 radical (unpaired) electrons. The molecule has 0 aromatic carbocycles. The molecule has 440 valence electrons. The molecule has 0 aromatic rings. The number of hydrogen-bond donors (Lipinski definition) is 1. The fourth-order valence-corrected chi connectivity index (χ4v) is 7.41. The number of carbonyl (C=O) groups excluding carboxylic acids is 2. The van der Waals surface area contributed by atoms with E-state index in [1.807, 2.05) is 0 Å². The molecule has 5 nitrogen and oxygen atoms in total. The van der Waals surface area contributed by atoms with Gasteiger partial charge in [0.15, 0.2) is 6.10 Å². The van der Waals surface area contributed by atoms with Gasteiger partial charge >= 0.3 is 11.9 Å². The highest BCUT2D eigenvalue weighted by Crippen LogP contribution is 2.11. The van der Waals surface area contributed by atoms with E-state index < -0.39 is 6.10 Å². The number of esters is 2. The van der Waals surface area contributed by atoms with Crippen LogP contribution in [0.25, 0.3) is 0 Å². The lowest BCUT2D eigenvalue weighted by Gasteiger charge is -2.15. The Morgan fingerprint density at radius 1 is 0.287 bits per heavy atom. The van der Waals surface area contributed by atoms with Crippen LogP contribution in [0.5, 0.6) is 0 Å². The summed E-state index contributed by atoms with van der Waals surface area (Å²) in [6.07, 6.45) is 112. The minimum absolute atomic E-state index is 0.120. The normalized spacial score (nSPS) is 13.9. The van der Waals surface area contributed by atoms with E-state index in [4.69, 9.17) is 9.47 Å². The third kappa shape index (κ3) is 64.5. The van der Waals surface area contributed by atoms with Gasteiger partial charge in [0.1, 0.15) is 6.61 Å². The van der Waals surface area contributed by atoms with Crippen LogP contribution in [0.2, 0.25) is 0 Å². The van der Waals surface area contributed by atoms with Crippen molar-refractivity contribution in [3.8, 4) is 0 Å². The van der Waals surface area contributed by atoms with Gasteiger partial charge in [-0.15, -0.1) is 0 Å². The van der Waals surface area contributed by atoms with Crippen LogP contribution in [0.1, 0.15) is 206 Å². The summed E-state index contributed by atoms with van der Waals surface area (Å²) in [5.74, 6) is -0.699. The molecule has 1 unspecified atom stereocenters. The number of aliphatic hydroxyl groups is 1. The largest absolute Gasteiger partial charge is 0.462 e. The fraction of sp³-hybridized carbons (Fsp3) is 0.467. The summed E-state index contributed by atoms with van der Waals surface area (Å²) in [5.41, 5.74) is 0. The first-order valence-corrected chi connectivity index (χ1v) is 30.9. The Hall–Kier alpha value is -6.04. The number of ether oxygens (including phenoxy) is 2. The van der Waals surface area contributed by atoms with Crippen molar-refractivity contribution >= 4 is 11.9 Å². The van der Waals surface area contributed by atoms with E-state index in [1.165, 1.54) is 12.8 Å². The van der Waals surface area contributed by atoms with Crippen molar-refractivity contribution < 1.29 is 24.2 Å². The smallest absolute Gasteiger partial charge is 0.306 e. The lowest BCUT2D eigenvalue weighted by Crippen LogP contribution is -2.28. The SMILES string of the molecule is CC/C=C\C/C=C\C/C=C\C/C=C\C/C=C\C/C=C\C/C=C\C/C=C\C/C=C\C/C=C\CCCCCCCCC(=O)OC(CO)COC(=O)CCC/C=C\C/C=C\C/C=C\C/C=C\C/C=C\C/C=C\C/C=C\C/C=C\C/C=C\CC. The minimum atomic E-state index is -0.825. The van der Waals surface area contributed by atoms with E-state index in [9.17, 15) is 14.7 Å². The van der Waals surface area contributed by atoms with Crippen molar-refractivity contribution in [1.29, 1.82) is 0 Å². The lowest BCUT2D eigenvalue weighted by molar-refractivity contribution is -0.161. The number of unbranched alkanes of at least 4 members (excludes halogenated alkanes) is 7. The summed E-state index contributed by atoms with van der Waals surface area (Å²) in [7, 11) is 0. The van der Waals surface area contributed by atoms with Gasteiger partial charge in [0.2, 0.25) is 0 Å². The van der Waals surface area contributed by atoms with E-state index in [2.05, 4.69) is 245 Å². The van der Waals surface area contributed by atoms with Gasteiger partial charge in [0, 0.05) is 12.8 Å². The molecule has 0 saturated carbocycles. The third-order valence-electron chi connectivity index (χ3n) is 12.0. The highest BCUT2D eigenvalue weighted by Gasteiger charge is 2.16. The second-order valence-corrected chi connectivity index (χ2v) is 19.3. The number of carbonyl (C=O) groups is 2. The van der Waals surface area contributed by atoms with Crippen LogP contribution in [0.15, 0.2) is 231 Å². The lowest BCUT2D eigenvalue weighted by atomic mass is 10.1. The molecule has 0 spiro atoms. The Kier molecular flexibility index (Phi) is 62.2. The van der Waals surface area contributed by atoms with Crippen molar-refractivity contribution in [2.75, 3.05) is 13.2 Å². The molecule has 0 aliphatic carbocycles. The highest BCUT2D eigenvalue weighted by molar-refractivity contribution is 5.70. The first kappa shape index (κ1) is 74.0. The van der Waals surface area contributed by atoms with Crippen molar-refractivity contribution in [3.05, 3.63) is 231 Å². The molecule has 0 amide bonds. The van der Waals surface area contributed by atoms with Gasteiger partial charge in [-0.3, -0.25) is 9.59 Å². The van der Waals surface area contributed by atoms with E-state index in [0.29, 0.717) is 12.8 Å². The Morgan fingerprint density at radius 3 is 0.787 bits per heavy atom. The molecule has 1 N–H and O–H groups in total. The van der Waals surface area contributed by atoms with E-state index in [1.54, 1.807) is 0 Å². The van der Waals surface area contributed by atoms with Crippen LogP contribution in [0, 0.1) is 0 Å². The summed E-state index contributed by atoms with van der Waals surface area (Å²) in [4.78, 5) is 24.6. The summed E-state index contributed by atoms with van der Waals surface area (Å²) >= 11 is 0. The van der Waals surface area contributed by atoms with Crippen molar-refractivity contribution in [2.24, 2.45) is 0 Å². The van der Waals surface area contributed by atoms with Gasteiger partial charge in [-0.05, 0) is 154 Å². The molecule has 0 aliphatic heterocycles. The number of allylic oxidation sites excluding steroid dienone is 38. The Morgan fingerprint density at radius 2 is 0.512 bits per heavy atom. The van der Waals surface area contributed by atoms with Crippen LogP contribution in [-0.2, 0) is 19.1 Å². The standard InChI is InChI=1S/C75H110O5/c1-3-5-7-9-11-13-15-17-19-21-23-25-27-29-31-33-34-35-36-37-38-39-40-42-44-46-48-50-52-54-56-58-60-62-64-66-68-70-75(78)80-73(71-76)72-79-74(77)69-67-65-63-61-59-57-55-53-51-49-47-45-43-41-32-30-28-26-24-22-20-18-16-14-12-10-8-6-4-2/h5-8,11-14,17-20,23-26,29-32,34-35,37-38,40,42-43,45-46,48-49,51-52,54-55,57,61,63,73,76H,3-4,9-10,15-16,21-22,27-28,33,36,39,41,44,47,50,53,56,58-60,62,64-72H2,1-2H3/b7-5-,8-6-,13-11-,14-12-,19-17-,20-18-,25-23-,26-24-,31-29-,32-30-,35-34-,38-37-,42-40-,45-43-,48-46-,51-49-,54-52-,57-55-,63-61-. The fourth-order valence-electron chi connectivity index (χ4n) is 7.41. The van der Waals surface area contributed by atoms with Gasteiger partial charge in [0.25, 0.3) is 0 Å². The summed E-state index contributed by atoms with van der Waals surface area (Å²) < 4.78 is 10.7. The average Bonchev–Trinajstić information content (AvgIpc) is 3.46. The minimum Gasteiger partial charge on any atom is -0.462 e. The molecule has 0 aliphatic rings. The molecule has 0 bridgehead atoms. The molecule has 0 heterocycles. The molecule has 0 saturated heterocycles. The maximum atomic E-state index is 12.3. The number of hydrogen-bond acceptors (Lipinski definition) is 5. The van der Waals surface area contributed by atoms with Gasteiger partial charge in [-0.2, -0.15) is 0 Å². The van der Waals surface area contributed by atoms with Crippen LogP contribution in [-0.4, -0.2) is 36.4 Å². The quantitative estimate of drug-likeness (QED) is 0.0373.